The third-order valence-electron chi connectivity index (χ3n) is 3.06. The zero-order valence-corrected chi connectivity index (χ0v) is 13.1. The highest BCUT2D eigenvalue weighted by atomic mass is 15.1. The van der Waals surface area contributed by atoms with Gasteiger partial charge in [0, 0.05) is 33.0 Å². The van der Waals surface area contributed by atoms with Gasteiger partial charge in [0.2, 0.25) is 0 Å². The molecule has 0 aliphatic carbocycles. The molecule has 0 radical (unpaired) electrons. The van der Waals surface area contributed by atoms with E-state index in [0.29, 0.717) is 0 Å². The van der Waals surface area contributed by atoms with Gasteiger partial charge in [0.15, 0.2) is 0 Å². The van der Waals surface area contributed by atoms with Crippen LogP contribution in [-0.4, -0.2) is 27.4 Å². The fraction of sp³-hybridized carbons (Fsp3) is 0.167. The summed E-state index contributed by atoms with van der Waals surface area (Å²) in [5.41, 5.74) is 3.92. The first kappa shape index (κ1) is 15.6. The molecule has 4 nitrogen and oxygen atoms in total. The molecule has 0 aliphatic rings. The summed E-state index contributed by atoms with van der Waals surface area (Å²) in [4.78, 5) is 5.95. The Kier molecular flexibility index (Phi) is 5.60. The van der Waals surface area contributed by atoms with Crippen molar-refractivity contribution in [1.82, 2.24) is 0 Å². The molecule has 0 aliphatic heterocycles. The van der Waals surface area contributed by atoms with E-state index in [4.69, 9.17) is 0 Å². The van der Waals surface area contributed by atoms with E-state index in [2.05, 4.69) is 20.1 Å². The van der Waals surface area contributed by atoms with Crippen LogP contribution in [-0.2, 0) is 0 Å². The molecule has 4 heteroatoms. The van der Waals surface area contributed by atoms with Crippen LogP contribution < -0.4 is 4.90 Å². The van der Waals surface area contributed by atoms with Crippen molar-refractivity contribution in [2.24, 2.45) is 15.2 Å². The van der Waals surface area contributed by atoms with Crippen molar-refractivity contribution in [3.63, 3.8) is 0 Å². The minimum Gasteiger partial charge on any atom is -0.378 e. The van der Waals surface area contributed by atoms with Gasteiger partial charge in [-0.1, -0.05) is 18.2 Å². The van der Waals surface area contributed by atoms with Gasteiger partial charge >= 0.3 is 0 Å². The van der Waals surface area contributed by atoms with Crippen molar-refractivity contribution in [3.8, 4) is 0 Å². The standard InChI is InChI=1S/C18H20N4/c1-19-14-4-5-15-6-8-16(9-7-15)20-21-17-10-12-18(13-11-17)22(2)3/h4-14H,1-3H3/b5-4-,19-14+,21-20?. The normalized spacial score (nSPS) is 11.8. The lowest BCUT2D eigenvalue weighted by Crippen LogP contribution is -2.07. The Bertz CT molecular complexity index is 665. The summed E-state index contributed by atoms with van der Waals surface area (Å²) >= 11 is 0. The van der Waals surface area contributed by atoms with Gasteiger partial charge in [-0.3, -0.25) is 4.99 Å². The lowest BCUT2D eigenvalue weighted by atomic mass is 10.2. The smallest absolute Gasteiger partial charge is 0.0858 e. The number of nitrogens with zero attached hydrogens (tertiary/aromatic N) is 4. The van der Waals surface area contributed by atoms with Crippen molar-refractivity contribution >= 4 is 29.4 Å². The predicted molar refractivity (Wildman–Crippen MR) is 94.8 cm³/mol. The van der Waals surface area contributed by atoms with E-state index < -0.39 is 0 Å². The number of allylic oxidation sites excluding steroid dienone is 1. The van der Waals surface area contributed by atoms with Crippen molar-refractivity contribution in [2.75, 3.05) is 26.0 Å². The lowest BCUT2D eigenvalue weighted by molar-refractivity contribution is 1.13. The molecule has 0 amide bonds. The zero-order chi connectivity index (χ0) is 15.8. The summed E-state index contributed by atoms with van der Waals surface area (Å²) in [7, 11) is 5.77. The number of benzene rings is 2. The fourth-order valence-corrected chi connectivity index (χ4v) is 1.83. The van der Waals surface area contributed by atoms with Crippen LogP contribution in [0.1, 0.15) is 5.56 Å². The molecule has 0 saturated heterocycles. The van der Waals surface area contributed by atoms with Gasteiger partial charge in [0.1, 0.15) is 0 Å². The molecule has 2 rings (SSSR count). The average molecular weight is 292 g/mol. The molecule has 0 bridgehead atoms. The van der Waals surface area contributed by atoms with Gasteiger partial charge in [-0.25, -0.2) is 0 Å². The minimum absolute atomic E-state index is 0.831. The van der Waals surface area contributed by atoms with Crippen LogP contribution in [0.4, 0.5) is 17.1 Å². The molecule has 112 valence electrons. The van der Waals surface area contributed by atoms with Crippen molar-refractivity contribution < 1.29 is 0 Å². The second-order valence-corrected chi connectivity index (χ2v) is 4.97. The quantitative estimate of drug-likeness (QED) is 0.571. The molecule has 0 fully saturated rings. The first-order valence-corrected chi connectivity index (χ1v) is 7.07. The number of rotatable bonds is 5. The summed E-state index contributed by atoms with van der Waals surface area (Å²) in [5.74, 6) is 0. The van der Waals surface area contributed by atoms with Gasteiger partial charge in [0.05, 0.1) is 11.4 Å². The number of hydrogen-bond acceptors (Lipinski definition) is 4. The minimum atomic E-state index is 0.831. The third-order valence-corrected chi connectivity index (χ3v) is 3.06. The largest absolute Gasteiger partial charge is 0.378 e. The average Bonchev–Trinajstić information content (AvgIpc) is 2.55. The maximum absolute atomic E-state index is 4.25. The van der Waals surface area contributed by atoms with E-state index in [1.165, 1.54) is 0 Å². The first-order chi connectivity index (χ1) is 10.7. The molecule has 2 aromatic carbocycles. The van der Waals surface area contributed by atoms with E-state index >= 15 is 0 Å². The lowest BCUT2D eigenvalue weighted by Gasteiger charge is -2.11. The topological polar surface area (TPSA) is 40.3 Å². The van der Waals surface area contributed by atoms with Crippen LogP contribution in [0.15, 0.2) is 69.8 Å². The Balaban J connectivity index is 2.03. The summed E-state index contributed by atoms with van der Waals surface area (Å²) in [5, 5.41) is 8.50. The molecule has 0 atom stereocenters. The number of aliphatic imine (C=N–C) groups is 1. The van der Waals surface area contributed by atoms with Gasteiger partial charge in [-0.15, -0.1) is 0 Å². The number of hydrogen-bond donors (Lipinski definition) is 0. The zero-order valence-electron chi connectivity index (χ0n) is 13.1. The fourth-order valence-electron chi connectivity index (χ4n) is 1.83. The SMILES string of the molecule is C/N=C/C=C\c1ccc(N=Nc2ccc(N(C)C)cc2)cc1. The van der Waals surface area contributed by atoms with Crippen LogP contribution in [0.5, 0.6) is 0 Å². The van der Waals surface area contributed by atoms with Crippen LogP contribution >= 0.6 is 0 Å². The van der Waals surface area contributed by atoms with Gasteiger partial charge in [-0.05, 0) is 48.0 Å². The molecular formula is C18H20N4. The van der Waals surface area contributed by atoms with Gasteiger partial charge in [-0.2, -0.15) is 10.2 Å². The molecule has 0 unspecified atom stereocenters. The summed E-state index contributed by atoms with van der Waals surface area (Å²) in [6.07, 6.45) is 5.65. The third kappa shape index (κ3) is 4.66. The van der Waals surface area contributed by atoms with Crippen molar-refractivity contribution in [1.29, 1.82) is 0 Å². The van der Waals surface area contributed by atoms with E-state index in [-0.39, 0.29) is 0 Å². The second kappa shape index (κ2) is 7.88. The number of anilines is 1. The van der Waals surface area contributed by atoms with E-state index in [1.807, 2.05) is 74.8 Å². The van der Waals surface area contributed by atoms with E-state index in [9.17, 15) is 0 Å². The Hall–Kier alpha value is -2.75. The highest BCUT2D eigenvalue weighted by Crippen LogP contribution is 2.21. The molecule has 0 N–H and O–H groups in total. The van der Waals surface area contributed by atoms with Crippen molar-refractivity contribution in [2.45, 2.75) is 0 Å². The second-order valence-electron chi connectivity index (χ2n) is 4.97. The molecule has 0 aromatic heterocycles. The maximum atomic E-state index is 4.25. The van der Waals surface area contributed by atoms with Gasteiger partial charge < -0.3 is 4.90 Å². The Labute approximate surface area is 131 Å². The van der Waals surface area contributed by atoms with E-state index in [1.54, 1.807) is 13.3 Å². The predicted octanol–water partition coefficient (Wildman–Crippen LogP) is 4.88. The van der Waals surface area contributed by atoms with Crippen molar-refractivity contribution in [3.05, 3.63) is 60.2 Å². The molecule has 2 aromatic rings. The molecular weight excluding hydrogens is 272 g/mol. The first-order valence-electron chi connectivity index (χ1n) is 7.07. The molecule has 0 saturated carbocycles. The van der Waals surface area contributed by atoms with Crippen LogP contribution in [0, 0.1) is 0 Å². The highest BCUT2D eigenvalue weighted by molar-refractivity contribution is 5.78. The van der Waals surface area contributed by atoms with E-state index in [0.717, 1.165) is 22.6 Å². The Morgan fingerprint density at radius 3 is 1.86 bits per heavy atom. The van der Waals surface area contributed by atoms with Crippen LogP contribution in [0.25, 0.3) is 6.08 Å². The summed E-state index contributed by atoms with van der Waals surface area (Å²) in [6.45, 7) is 0. The highest BCUT2D eigenvalue weighted by Gasteiger charge is 1.95. The summed E-state index contributed by atoms with van der Waals surface area (Å²) in [6, 6.07) is 15.9. The molecule has 0 heterocycles. The number of azo groups is 1. The maximum Gasteiger partial charge on any atom is 0.0858 e. The molecule has 0 spiro atoms. The Morgan fingerprint density at radius 1 is 0.818 bits per heavy atom. The summed E-state index contributed by atoms with van der Waals surface area (Å²) < 4.78 is 0. The van der Waals surface area contributed by atoms with Gasteiger partial charge in [0.25, 0.3) is 0 Å². The Morgan fingerprint density at radius 2 is 1.36 bits per heavy atom. The van der Waals surface area contributed by atoms with Crippen LogP contribution in [0.3, 0.4) is 0 Å². The molecule has 22 heavy (non-hydrogen) atoms. The monoisotopic (exact) mass is 292 g/mol. The van der Waals surface area contributed by atoms with Crippen LogP contribution in [0.2, 0.25) is 0 Å².